The summed E-state index contributed by atoms with van der Waals surface area (Å²) < 4.78 is 0. The van der Waals surface area contributed by atoms with Gasteiger partial charge in [-0.05, 0) is 25.8 Å². The van der Waals surface area contributed by atoms with Crippen LogP contribution in [0.2, 0.25) is 5.02 Å². The number of nitrogens with zero attached hydrogens (tertiary/aromatic N) is 4. The van der Waals surface area contributed by atoms with Gasteiger partial charge in [0.15, 0.2) is 0 Å². The number of halogens is 1. The van der Waals surface area contributed by atoms with E-state index in [2.05, 4.69) is 31.1 Å². The van der Waals surface area contributed by atoms with E-state index in [-0.39, 0.29) is 11.6 Å². The number of aryl methyl sites for hydroxylation is 1. The molecule has 22 heavy (non-hydrogen) atoms. The van der Waals surface area contributed by atoms with E-state index in [4.69, 9.17) is 16.9 Å². The van der Waals surface area contributed by atoms with Gasteiger partial charge in [-0.2, -0.15) is 10.4 Å². The van der Waals surface area contributed by atoms with Gasteiger partial charge < -0.3 is 4.90 Å². The van der Waals surface area contributed by atoms with Crippen molar-refractivity contribution in [2.75, 3.05) is 18.0 Å². The van der Waals surface area contributed by atoms with Crippen LogP contribution >= 0.6 is 11.6 Å². The van der Waals surface area contributed by atoms with Crippen LogP contribution < -0.4 is 10.6 Å². The van der Waals surface area contributed by atoms with E-state index < -0.39 is 0 Å². The lowest BCUT2D eigenvalue weighted by Gasteiger charge is -2.33. The average Bonchev–Trinajstić information content (AvgIpc) is 2.96. The lowest BCUT2D eigenvalue weighted by molar-refractivity contribution is 0.489. The average molecular weight is 319 g/mol. The van der Waals surface area contributed by atoms with Crippen molar-refractivity contribution in [3.8, 4) is 6.07 Å². The zero-order valence-corrected chi connectivity index (χ0v) is 12.8. The molecule has 0 spiro atoms. The second kappa shape index (κ2) is 5.81. The van der Waals surface area contributed by atoms with Crippen molar-refractivity contribution in [1.29, 1.82) is 5.26 Å². The maximum absolute atomic E-state index is 11.2. The molecule has 0 saturated carbocycles. The Morgan fingerprint density at radius 3 is 3.05 bits per heavy atom. The number of piperidine rings is 1. The Bertz CT molecular complexity index is 789. The lowest BCUT2D eigenvalue weighted by Crippen LogP contribution is -2.35. The van der Waals surface area contributed by atoms with Crippen LogP contribution in [0.1, 0.15) is 35.8 Å². The first-order chi connectivity index (χ1) is 10.6. The Balaban J connectivity index is 1.88. The molecule has 8 heteroatoms. The smallest absolute Gasteiger partial charge is 0.340 e. The van der Waals surface area contributed by atoms with Gasteiger partial charge >= 0.3 is 5.69 Å². The molecule has 1 saturated heterocycles. The second-order valence-electron chi connectivity index (χ2n) is 5.39. The van der Waals surface area contributed by atoms with E-state index in [0.717, 1.165) is 19.4 Å². The predicted octanol–water partition coefficient (Wildman–Crippen LogP) is 1.71. The van der Waals surface area contributed by atoms with Gasteiger partial charge in [0.2, 0.25) is 0 Å². The number of rotatable bonds is 2. The van der Waals surface area contributed by atoms with Crippen molar-refractivity contribution in [2.24, 2.45) is 0 Å². The Hall–Kier alpha value is -2.33. The molecule has 1 aliphatic heterocycles. The van der Waals surface area contributed by atoms with E-state index in [9.17, 15) is 4.79 Å². The first-order valence-electron chi connectivity index (χ1n) is 7.05. The van der Waals surface area contributed by atoms with E-state index in [1.165, 1.54) is 0 Å². The standard InChI is InChI=1S/C14H15ClN6O/c1-8-10(6-16)5-11(15)13(17-8)21-4-2-3-9(7-21)12-18-14(22)20-19-12/h5,9H,2-4,7H2,1H3,(H2,18,19,20,22)/t9-/m0/s1. The normalized spacial score (nSPS) is 18.2. The van der Waals surface area contributed by atoms with E-state index >= 15 is 0 Å². The fourth-order valence-electron chi connectivity index (χ4n) is 2.77. The third-order valence-electron chi connectivity index (χ3n) is 3.90. The maximum atomic E-state index is 11.2. The van der Waals surface area contributed by atoms with Crippen LogP contribution in [0.15, 0.2) is 10.9 Å². The fraction of sp³-hybridized carbons (Fsp3) is 0.429. The number of nitrogens with one attached hydrogen (secondary N) is 2. The van der Waals surface area contributed by atoms with Crippen LogP contribution in [-0.2, 0) is 0 Å². The van der Waals surface area contributed by atoms with Crippen molar-refractivity contribution in [3.63, 3.8) is 0 Å². The quantitative estimate of drug-likeness (QED) is 0.877. The van der Waals surface area contributed by atoms with Crippen LogP contribution in [-0.4, -0.2) is 33.3 Å². The van der Waals surface area contributed by atoms with Crippen molar-refractivity contribution >= 4 is 17.4 Å². The Kier molecular flexibility index (Phi) is 3.86. The predicted molar refractivity (Wildman–Crippen MR) is 82.1 cm³/mol. The summed E-state index contributed by atoms with van der Waals surface area (Å²) in [7, 11) is 0. The third-order valence-corrected chi connectivity index (χ3v) is 4.17. The number of hydrogen-bond acceptors (Lipinski definition) is 5. The van der Waals surface area contributed by atoms with Gasteiger partial charge in [0.1, 0.15) is 17.7 Å². The highest BCUT2D eigenvalue weighted by atomic mass is 35.5. The monoisotopic (exact) mass is 318 g/mol. The number of pyridine rings is 1. The van der Waals surface area contributed by atoms with E-state index in [0.29, 0.717) is 34.5 Å². The molecular formula is C14H15ClN6O. The summed E-state index contributed by atoms with van der Waals surface area (Å²) in [6, 6.07) is 3.74. The summed E-state index contributed by atoms with van der Waals surface area (Å²) in [5.41, 5.74) is 0.855. The molecule has 0 unspecified atom stereocenters. The van der Waals surface area contributed by atoms with E-state index in [1.54, 1.807) is 13.0 Å². The zero-order chi connectivity index (χ0) is 15.7. The minimum Gasteiger partial charge on any atom is -0.355 e. The number of hydrogen-bond donors (Lipinski definition) is 2. The molecular weight excluding hydrogens is 304 g/mol. The summed E-state index contributed by atoms with van der Waals surface area (Å²) in [4.78, 5) is 20.5. The van der Waals surface area contributed by atoms with Crippen LogP contribution in [0.3, 0.4) is 0 Å². The van der Waals surface area contributed by atoms with Crippen molar-refractivity contribution in [2.45, 2.75) is 25.7 Å². The number of anilines is 1. The van der Waals surface area contributed by atoms with Crippen LogP contribution in [0.4, 0.5) is 5.82 Å². The van der Waals surface area contributed by atoms with Gasteiger partial charge in [-0.25, -0.2) is 14.9 Å². The highest BCUT2D eigenvalue weighted by Crippen LogP contribution is 2.31. The Morgan fingerprint density at radius 2 is 2.36 bits per heavy atom. The Morgan fingerprint density at radius 1 is 1.55 bits per heavy atom. The Labute approximate surface area is 131 Å². The number of H-pyrrole nitrogens is 2. The molecule has 1 aliphatic rings. The van der Waals surface area contributed by atoms with Gasteiger partial charge in [0.25, 0.3) is 0 Å². The summed E-state index contributed by atoms with van der Waals surface area (Å²) in [6.45, 7) is 3.31. The van der Waals surface area contributed by atoms with Crippen LogP contribution in [0.5, 0.6) is 0 Å². The number of aromatic amines is 2. The molecule has 2 aromatic rings. The molecule has 1 atom stereocenters. The first kappa shape index (κ1) is 14.6. The topological polar surface area (TPSA) is 101 Å². The van der Waals surface area contributed by atoms with Gasteiger partial charge in [0, 0.05) is 19.0 Å². The van der Waals surface area contributed by atoms with Crippen molar-refractivity contribution in [3.05, 3.63) is 38.7 Å². The molecule has 0 aliphatic carbocycles. The minimum atomic E-state index is -0.294. The van der Waals surface area contributed by atoms with E-state index in [1.807, 2.05) is 0 Å². The van der Waals surface area contributed by atoms with Crippen LogP contribution in [0.25, 0.3) is 0 Å². The highest BCUT2D eigenvalue weighted by molar-refractivity contribution is 6.33. The molecule has 0 aromatic carbocycles. The fourth-order valence-corrected chi connectivity index (χ4v) is 3.04. The highest BCUT2D eigenvalue weighted by Gasteiger charge is 2.26. The molecule has 3 heterocycles. The van der Waals surface area contributed by atoms with Crippen molar-refractivity contribution in [1.82, 2.24) is 20.2 Å². The number of nitriles is 1. The number of aromatic nitrogens is 4. The molecule has 1 fully saturated rings. The lowest BCUT2D eigenvalue weighted by atomic mass is 9.97. The zero-order valence-electron chi connectivity index (χ0n) is 12.1. The largest absolute Gasteiger partial charge is 0.355 e. The minimum absolute atomic E-state index is 0.126. The maximum Gasteiger partial charge on any atom is 0.340 e. The van der Waals surface area contributed by atoms with Gasteiger partial charge in [-0.1, -0.05) is 11.6 Å². The molecule has 2 N–H and O–H groups in total. The summed E-state index contributed by atoms with van der Waals surface area (Å²) in [5.74, 6) is 1.47. The molecule has 7 nitrogen and oxygen atoms in total. The summed E-state index contributed by atoms with van der Waals surface area (Å²) in [6.07, 6.45) is 1.90. The molecule has 3 rings (SSSR count). The summed E-state index contributed by atoms with van der Waals surface area (Å²) >= 11 is 6.28. The molecule has 0 bridgehead atoms. The summed E-state index contributed by atoms with van der Waals surface area (Å²) in [5, 5.41) is 15.9. The molecule has 114 valence electrons. The third kappa shape index (κ3) is 2.70. The molecule has 2 aromatic heterocycles. The molecule has 0 amide bonds. The van der Waals surface area contributed by atoms with Gasteiger partial charge in [-0.3, -0.25) is 4.98 Å². The second-order valence-corrected chi connectivity index (χ2v) is 5.79. The van der Waals surface area contributed by atoms with Gasteiger partial charge in [-0.15, -0.1) is 0 Å². The van der Waals surface area contributed by atoms with Crippen LogP contribution in [0, 0.1) is 18.3 Å². The molecule has 0 radical (unpaired) electrons. The first-order valence-corrected chi connectivity index (χ1v) is 7.43. The SMILES string of the molecule is Cc1nc(N2CCC[C@H](c3n[nH]c(=O)[nH]3)C2)c(Cl)cc1C#N. The van der Waals surface area contributed by atoms with Crippen molar-refractivity contribution < 1.29 is 0 Å². The van der Waals surface area contributed by atoms with Gasteiger partial charge in [0.05, 0.1) is 16.3 Å².